The van der Waals surface area contributed by atoms with Gasteiger partial charge in [0.2, 0.25) is 0 Å². The summed E-state index contributed by atoms with van der Waals surface area (Å²) in [4.78, 5) is 0. The molecule has 1 fully saturated rings. The van der Waals surface area contributed by atoms with Crippen molar-refractivity contribution in [2.75, 3.05) is 19.7 Å². The van der Waals surface area contributed by atoms with Gasteiger partial charge < -0.3 is 16.2 Å². The van der Waals surface area contributed by atoms with E-state index in [1.165, 1.54) is 32.1 Å². The Balaban J connectivity index is 1.99. The van der Waals surface area contributed by atoms with Crippen molar-refractivity contribution < 1.29 is 5.11 Å². The molecule has 0 aromatic rings. The van der Waals surface area contributed by atoms with Crippen LogP contribution in [0.15, 0.2) is 0 Å². The van der Waals surface area contributed by atoms with Gasteiger partial charge in [-0.05, 0) is 44.7 Å². The molecule has 15 heavy (non-hydrogen) atoms. The van der Waals surface area contributed by atoms with Gasteiger partial charge in [-0.25, -0.2) is 0 Å². The number of aliphatic hydroxyl groups excluding tert-OH is 1. The van der Waals surface area contributed by atoms with Gasteiger partial charge in [-0.3, -0.25) is 0 Å². The highest BCUT2D eigenvalue weighted by Crippen LogP contribution is 2.26. The van der Waals surface area contributed by atoms with E-state index in [2.05, 4.69) is 5.32 Å². The van der Waals surface area contributed by atoms with Crippen LogP contribution in [0.4, 0.5) is 0 Å². The van der Waals surface area contributed by atoms with Crippen LogP contribution in [0.2, 0.25) is 0 Å². The molecule has 1 aliphatic carbocycles. The van der Waals surface area contributed by atoms with E-state index in [4.69, 9.17) is 10.8 Å². The van der Waals surface area contributed by atoms with Crippen LogP contribution in [0.25, 0.3) is 0 Å². The summed E-state index contributed by atoms with van der Waals surface area (Å²) in [6, 6.07) is 0.381. The lowest BCUT2D eigenvalue weighted by Gasteiger charge is -2.27. The Morgan fingerprint density at radius 1 is 1.20 bits per heavy atom. The molecule has 0 heterocycles. The molecule has 0 saturated heterocycles. The summed E-state index contributed by atoms with van der Waals surface area (Å²) in [6.45, 7) is 2.19. The monoisotopic (exact) mass is 214 g/mol. The van der Waals surface area contributed by atoms with E-state index in [0.717, 1.165) is 31.8 Å². The van der Waals surface area contributed by atoms with Crippen LogP contribution in [0.5, 0.6) is 0 Å². The van der Waals surface area contributed by atoms with Gasteiger partial charge in [-0.15, -0.1) is 0 Å². The summed E-state index contributed by atoms with van der Waals surface area (Å²) in [7, 11) is 0. The molecule has 1 aliphatic rings. The van der Waals surface area contributed by atoms with Crippen molar-refractivity contribution >= 4 is 0 Å². The van der Waals surface area contributed by atoms with E-state index >= 15 is 0 Å². The van der Waals surface area contributed by atoms with Gasteiger partial charge in [0, 0.05) is 12.6 Å². The lowest BCUT2D eigenvalue weighted by atomic mass is 9.83. The molecular formula is C12H26N2O. The molecule has 1 atom stereocenters. The molecule has 1 saturated carbocycles. The van der Waals surface area contributed by atoms with Crippen molar-refractivity contribution in [3.8, 4) is 0 Å². The van der Waals surface area contributed by atoms with Crippen LogP contribution in [-0.2, 0) is 0 Å². The lowest BCUT2D eigenvalue weighted by Crippen LogP contribution is -2.35. The third kappa shape index (κ3) is 5.50. The first-order chi connectivity index (χ1) is 7.34. The van der Waals surface area contributed by atoms with E-state index in [1.54, 1.807) is 0 Å². The molecule has 0 spiro atoms. The average molecular weight is 214 g/mol. The van der Waals surface area contributed by atoms with Gasteiger partial charge in [0.15, 0.2) is 0 Å². The summed E-state index contributed by atoms with van der Waals surface area (Å²) in [5.41, 5.74) is 6.17. The van der Waals surface area contributed by atoms with Crippen LogP contribution >= 0.6 is 0 Å². The maximum absolute atomic E-state index is 8.61. The summed E-state index contributed by atoms with van der Waals surface area (Å²) in [6.07, 6.45) is 8.73. The molecule has 4 N–H and O–H groups in total. The van der Waals surface area contributed by atoms with E-state index in [1.807, 2.05) is 0 Å². The van der Waals surface area contributed by atoms with Crippen LogP contribution in [0.3, 0.4) is 0 Å². The van der Waals surface area contributed by atoms with Gasteiger partial charge in [0.1, 0.15) is 0 Å². The van der Waals surface area contributed by atoms with Crippen LogP contribution in [0.1, 0.15) is 44.9 Å². The molecule has 0 aromatic heterocycles. The fourth-order valence-corrected chi connectivity index (χ4v) is 2.40. The SMILES string of the molecule is NC(CCNCCCO)C1CCCCC1. The highest BCUT2D eigenvalue weighted by molar-refractivity contribution is 4.76. The zero-order chi connectivity index (χ0) is 10.9. The zero-order valence-corrected chi connectivity index (χ0v) is 9.75. The molecule has 0 amide bonds. The number of nitrogens with one attached hydrogen (secondary N) is 1. The largest absolute Gasteiger partial charge is 0.396 e. The van der Waals surface area contributed by atoms with E-state index in [9.17, 15) is 0 Å². The van der Waals surface area contributed by atoms with Crippen molar-refractivity contribution in [3.63, 3.8) is 0 Å². The molecular weight excluding hydrogens is 188 g/mol. The first-order valence-corrected chi connectivity index (χ1v) is 6.41. The Hall–Kier alpha value is -0.120. The Kier molecular flexibility index (Phi) is 6.98. The van der Waals surface area contributed by atoms with Crippen molar-refractivity contribution in [1.29, 1.82) is 0 Å². The first-order valence-electron chi connectivity index (χ1n) is 6.41. The van der Waals surface area contributed by atoms with Gasteiger partial charge >= 0.3 is 0 Å². The maximum atomic E-state index is 8.61. The van der Waals surface area contributed by atoms with Gasteiger partial charge in [-0.2, -0.15) is 0 Å². The van der Waals surface area contributed by atoms with Crippen LogP contribution in [-0.4, -0.2) is 30.8 Å². The topological polar surface area (TPSA) is 58.3 Å². The Bertz CT molecular complexity index is 147. The summed E-state index contributed by atoms with van der Waals surface area (Å²) in [5, 5.41) is 11.9. The van der Waals surface area contributed by atoms with Crippen LogP contribution < -0.4 is 11.1 Å². The lowest BCUT2D eigenvalue weighted by molar-refractivity contribution is 0.280. The van der Waals surface area contributed by atoms with Gasteiger partial charge in [-0.1, -0.05) is 19.3 Å². The zero-order valence-electron chi connectivity index (χ0n) is 9.75. The minimum Gasteiger partial charge on any atom is -0.396 e. The fraction of sp³-hybridized carbons (Fsp3) is 1.00. The standard InChI is InChI=1S/C12H26N2O/c13-12(7-9-14-8-4-10-15)11-5-2-1-3-6-11/h11-12,14-15H,1-10,13H2. The van der Waals surface area contributed by atoms with Crippen molar-refractivity contribution in [2.45, 2.75) is 51.0 Å². The van der Waals surface area contributed by atoms with Crippen molar-refractivity contribution in [3.05, 3.63) is 0 Å². The molecule has 0 aliphatic heterocycles. The highest BCUT2D eigenvalue weighted by Gasteiger charge is 2.19. The predicted molar refractivity (Wildman–Crippen MR) is 63.7 cm³/mol. The Morgan fingerprint density at radius 3 is 2.60 bits per heavy atom. The smallest absolute Gasteiger partial charge is 0.0443 e. The van der Waals surface area contributed by atoms with E-state index in [-0.39, 0.29) is 6.61 Å². The fourth-order valence-electron chi connectivity index (χ4n) is 2.40. The minimum atomic E-state index is 0.279. The summed E-state index contributed by atoms with van der Waals surface area (Å²) >= 11 is 0. The second-order valence-corrected chi connectivity index (χ2v) is 4.68. The second-order valence-electron chi connectivity index (χ2n) is 4.68. The quantitative estimate of drug-likeness (QED) is 0.559. The molecule has 0 bridgehead atoms. The molecule has 0 radical (unpaired) electrons. The van der Waals surface area contributed by atoms with E-state index in [0.29, 0.717) is 6.04 Å². The second kappa shape index (κ2) is 8.08. The highest BCUT2D eigenvalue weighted by atomic mass is 16.3. The first kappa shape index (κ1) is 12.9. The van der Waals surface area contributed by atoms with Gasteiger partial charge in [0.05, 0.1) is 0 Å². The average Bonchev–Trinajstić information content (AvgIpc) is 2.30. The van der Waals surface area contributed by atoms with E-state index < -0.39 is 0 Å². The summed E-state index contributed by atoms with van der Waals surface area (Å²) < 4.78 is 0. The number of hydrogen-bond donors (Lipinski definition) is 3. The Labute approximate surface area is 93.4 Å². The maximum Gasteiger partial charge on any atom is 0.0443 e. The third-order valence-electron chi connectivity index (χ3n) is 3.42. The van der Waals surface area contributed by atoms with Crippen LogP contribution in [0, 0.1) is 5.92 Å². The Morgan fingerprint density at radius 2 is 1.93 bits per heavy atom. The molecule has 3 heteroatoms. The third-order valence-corrected chi connectivity index (χ3v) is 3.42. The number of hydrogen-bond acceptors (Lipinski definition) is 3. The summed E-state index contributed by atoms with van der Waals surface area (Å²) in [5.74, 6) is 0.762. The van der Waals surface area contributed by atoms with Crippen molar-refractivity contribution in [2.24, 2.45) is 11.7 Å². The van der Waals surface area contributed by atoms with Crippen molar-refractivity contribution in [1.82, 2.24) is 5.32 Å². The number of rotatable bonds is 7. The molecule has 90 valence electrons. The number of aliphatic hydroxyl groups is 1. The number of nitrogens with two attached hydrogens (primary N) is 1. The minimum absolute atomic E-state index is 0.279. The van der Waals surface area contributed by atoms with Gasteiger partial charge in [0.25, 0.3) is 0 Å². The molecule has 0 aromatic carbocycles. The molecule has 3 nitrogen and oxygen atoms in total. The molecule has 1 rings (SSSR count). The predicted octanol–water partition coefficient (Wildman–Crippen LogP) is 1.26. The normalized spacial score (nSPS) is 20.4. The molecule has 1 unspecified atom stereocenters.